The van der Waals surface area contributed by atoms with Crippen LogP contribution in [0.15, 0.2) is 54.9 Å². The third kappa shape index (κ3) is 4.83. The quantitative estimate of drug-likeness (QED) is 0.654. The summed E-state index contributed by atoms with van der Waals surface area (Å²) in [7, 11) is 0. The maximum absolute atomic E-state index is 12.2. The van der Waals surface area contributed by atoms with Gasteiger partial charge in [0.15, 0.2) is 0 Å². The number of rotatable bonds is 3. The van der Waals surface area contributed by atoms with E-state index in [1.807, 2.05) is 51.2 Å². The molecule has 0 aliphatic carbocycles. The van der Waals surface area contributed by atoms with Gasteiger partial charge >= 0.3 is 6.09 Å². The maximum Gasteiger partial charge on any atom is 0.407 e. The molecule has 1 aromatic carbocycles. The van der Waals surface area contributed by atoms with Gasteiger partial charge in [-0.2, -0.15) is 5.26 Å². The van der Waals surface area contributed by atoms with Crippen LogP contribution in [0.1, 0.15) is 39.2 Å². The number of alkyl carbamates (subject to hydrolysis) is 1. The smallest absolute Gasteiger partial charge is 0.407 e. The monoisotopic (exact) mass is 416 g/mol. The lowest BCUT2D eigenvalue weighted by Gasteiger charge is -2.35. The number of hydrogen-bond donors (Lipinski definition) is 1. The highest BCUT2D eigenvalue weighted by atomic mass is 16.6. The van der Waals surface area contributed by atoms with Gasteiger partial charge < -0.3 is 19.4 Å². The average molecular weight is 417 g/mol. The highest BCUT2D eigenvalue weighted by Crippen LogP contribution is 2.30. The fourth-order valence-corrected chi connectivity index (χ4v) is 4.07. The number of hydrogen-bond acceptors (Lipinski definition) is 4. The molecule has 0 spiro atoms. The van der Waals surface area contributed by atoms with Crippen LogP contribution in [0.25, 0.3) is 16.6 Å². The van der Waals surface area contributed by atoms with Gasteiger partial charge in [-0.3, -0.25) is 0 Å². The summed E-state index contributed by atoms with van der Waals surface area (Å²) in [6, 6.07) is 16.2. The molecular weight excluding hydrogens is 388 g/mol. The fourth-order valence-electron chi connectivity index (χ4n) is 4.07. The van der Waals surface area contributed by atoms with Crippen molar-refractivity contribution in [1.82, 2.24) is 9.72 Å². The first-order valence-corrected chi connectivity index (χ1v) is 10.7. The predicted octanol–water partition coefficient (Wildman–Crippen LogP) is 4.97. The van der Waals surface area contributed by atoms with Crippen molar-refractivity contribution in [3.8, 4) is 17.2 Å². The number of nitrogens with zero attached hydrogens (tertiary/aromatic N) is 3. The Balaban J connectivity index is 1.55. The van der Waals surface area contributed by atoms with Crippen molar-refractivity contribution in [1.29, 1.82) is 5.26 Å². The van der Waals surface area contributed by atoms with Crippen LogP contribution >= 0.6 is 0 Å². The highest BCUT2D eigenvalue weighted by molar-refractivity contribution is 5.80. The van der Waals surface area contributed by atoms with Crippen molar-refractivity contribution >= 4 is 17.3 Å². The number of nitrogens with one attached hydrogen (secondary N) is 1. The predicted molar refractivity (Wildman–Crippen MR) is 122 cm³/mol. The molecule has 4 rings (SSSR count). The van der Waals surface area contributed by atoms with E-state index >= 15 is 0 Å². The summed E-state index contributed by atoms with van der Waals surface area (Å²) in [6.07, 6.45) is 5.75. The zero-order chi connectivity index (χ0) is 22.0. The zero-order valence-electron chi connectivity index (χ0n) is 18.3. The molecule has 0 radical (unpaired) electrons. The summed E-state index contributed by atoms with van der Waals surface area (Å²) >= 11 is 0. The van der Waals surface area contributed by atoms with Crippen molar-refractivity contribution in [2.24, 2.45) is 0 Å². The van der Waals surface area contributed by atoms with Crippen LogP contribution in [-0.2, 0) is 4.74 Å². The lowest BCUT2D eigenvalue weighted by atomic mass is 10.0. The van der Waals surface area contributed by atoms with Gasteiger partial charge in [-0.25, -0.2) is 4.79 Å². The molecule has 1 amide bonds. The fraction of sp³-hybridized carbons (Fsp3) is 0.360. The van der Waals surface area contributed by atoms with Crippen molar-refractivity contribution in [2.45, 2.75) is 45.3 Å². The van der Waals surface area contributed by atoms with E-state index in [0.29, 0.717) is 5.56 Å². The van der Waals surface area contributed by atoms with Crippen LogP contribution in [0.2, 0.25) is 0 Å². The van der Waals surface area contributed by atoms with E-state index in [1.165, 1.54) is 0 Å². The van der Waals surface area contributed by atoms with E-state index in [9.17, 15) is 4.79 Å². The van der Waals surface area contributed by atoms with Crippen LogP contribution in [0.3, 0.4) is 0 Å². The molecule has 160 valence electrons. The topological polar surface area (TPSA) is 69.8 Å². The van der Waals surface area contributed by atoms with Gasteiger partial charge in [-0.1, -0.05) is 12.1 Å². The van der Waals surface area contributed by atoms with E-state index < -0.39 is 5.60 Å². The van der Waals surface area contributed by atoms with E-state index in [4.69, 9.17) is 10.00 Å². The summed E-state index contributed by atoms with van der Waals surface area (Å²) in [5.41, 5.74) is 4.62. The van der Waals surface area contributed by atoms with Gasteiger partial charge in [-0.05, 0) is 69.5 Å². The van der Waals surface area contributed by atoms with Gasteiger partial charge in [0.25, 0.3) is 0 Å². The molecule has 1 aliphatic heterocycles. The third-order valence-corrected chi connectivity index (χ3v) is 5.44. The number of ether oxygens (including phenoxy) is 1. The van der Waals surface area contributed by atoms with E-state index in [-0.39, 0.29) is 12.1 Å². The van der Waals surface area contributed by atoms with E-state index in [2.05, 4.69) is 45.1 Å². The number of amides is 1. The first kappa shape index (κ1) is 20.8. The van der Waals surface area contributed by atoms with E-state index in [0.717, 1.165) is 48.3 Å². The first-order chi connectivity index (χ1) is 14.8. The van der Waals surface area contributed by atoms with E-state index in [1.54, 1.807) is 0 Å². The second kappa shape index (κ2) is 8.35. The summed E-state index contributed by atoms with van der Waals surface area (Å²) in [6.45, 7) is 7.31. The van der Waals surface area contributed by atoms with Gasteiger partial charge in [0, 0.05) is 37.1 Å². The Morgan fingerprint density at radius 2 is 1.97 bits per heavy atom. The molecule has 3 aromatic rings. The number of fused-ring (bicyclic) bond motifs is 1. The van der Waals surface area contributed by atoms with Gasteiger partial charge in [0.2, 0.25) is 0 Å². The average Bonchev–Trinajstić information content (AvgIpc) is 3.17. The number of carbonyl (C=O) groups excluding carboxylic acids is 1. The molecule has 1 N–H and O–H groups in total. The molecule has 2 aromatic heterocycles. The first-order valence-electron chi connectivity index (χ1n) is 10.7. The van der Waals surface area contributed by atoms with Crippen LogP contribution < -0.4 is 10.2 Å². The van der Waals surface area contributed by atoms with Crippen LogP contribution in [0.4, 0.5) is 10.5 Å². The number of nitriles is 1. The summed E-state index contributed by atoms with van der Waals surface area (Å²) < 4.78 is 7.56. The molecule has 1 atom stereocenters. The van der Waals surface area contributed by atoms with Crippen LogP contribution in [-0.4, -0.2) is 35.2 Å². The molecule has 3 heterocycles. The van der Waals surface area contributed by atoms with Gasteiger partial charge in [0.1, 0.15) is 5.60 Å². The summed E-state index contributed by atoms with van der Waals surface area (Å²) in [5, 5.41) is 12.1. The second-order valence-corrected chi connectivity index (χ2v) is 9.04. The van der Waals surface area contributed by atoms with Gasteiger partial charge in [-0.15, -0.1) is 0 Å². The molecule has 1 saturated heterocycles. The lowest BCUT2D eigenvalue weighted by Crippen LogP contribution is -2.49. The SMILES string of the molecule is CC(C)(C)OC(=O)N[C@@H]1CCCN(c2cccn3cc(-c4ccc(C#N)cc4)cc23)C1. The Morgan fingerprint density at radius 1 is 1.19 bits per heavy atom. The number of aromatic nitrogens is 1. The molecule has 31 heavy (non-hydrogen) atoms. The minimum absolute atomic E-state index is 0.0526. The number of pyridine rings is 1. The van der Waals surface area contributed by atoms with Crippen LogP contribution in [0.5, 0.6) is 0 Å². The summed E-state index contributed by atoms with van der Waals surface area (Å²) in [4.78, 5) is 14.5. The lowest BCUT2D eigenvalue weighted by molar-refractivity contribution is 0.0500. The number of piperidine rings is 1. The molecule has 0 unspecified atom stereocenters. The minimum Gasteiger partial charge on any atom is -0.444 e. The Kier molecular flexibility index (Phi) is 5.60. The Hall–Kier alpha value is -3.46. The van der Waals surface area contributed by atoms with Crippen molar-refractivity contribution in [3.05, 3.63) is 60.4 Å². The molecule has 0 bridgehead atoms. The zero-order valence-corrected chi connectivity index (χ0v) is 18.3. The second-order valence-electron chi connectivity index (χ2n) is 9.04. The van der Waals surface area contributed by atoms with Crippen LogP contribution in [0, 0.1) is 11.3 Å². The number of benzene rings is 1. The number of carbonyl (C=O) groups is 1. The normalized spacial score (nSPS) is 16.7. The third-order valence-electron chi connectivity index (χ3n) is 5.44. The molecule has 6 nitrogen and oxygen atoms in total. The van der Waals surface area contributed by atoms with Gasteiger partial charge in [0.05, 0.1) is 22.8 Å². The Labute approximate surface area is 183 Å². The standard InChI is InChI=1S/C25H28N4O2/c1-25(2,3)31-24(30)27-21-6-4-12-29(17-21)22-7-5-13-28-16-20(14-23(22)28)19-10-8-18(15-26)9-11-19/h5,7-11,13-14,16,21H,4,6,12,17H2,1-3H3,(H,27,30)/t21-/m1/s1. The Morgan fingerprint density at radius 3 is 2.68 bits per heavy atom. The number of anilines is 1. The Bertz CT molecular complexity index is 1120. The maximum atomic E-state index is 12.2. The molecule has 0 saturated carbocycles. The molecule has 1 aliphatic rings. The molecular formula is C25H28N4O2. The molecule has 1 fully saturated rings. The van der Waals surface area contributed by atoms with Crippen molar-refractivity contribution in [2.75, 3.05) is 18.0 Å². The molecule has 6 heteroatoms. The summed E-state index contributed by atoms with van der Waals surface area (Å²) in [5.74, 6) is 0. The minimum atomic E-state index is -0.502. The van der Waals surface area contributed by atoms with Crippen molar-refractivity contribution in [3.63, 3.8) is 0 Å². The largest absolute Gasteiger partial charge is 0.444 e. The highest BCUT2D eigenvalue weighted by Gasteiger charge is 2.25. The van der Waals surface area contributed by atoms with Crippen molar-refractivity contribution < 1.29 is 9.53 Å².